The second-order valence-corrected chi connectivity index (χ2v) is 3.83. The highest BCUT2D eigenvalue weighted by Crippen LogP contribution is 2.23. The molecule has 1 aromatic rings. The zero-order valence-corrected chi connectivity index (χ0v) is 9.31. The fourth-order valence-corrected chi connectivity index (χ4v) is 1.71. The smallest absolute Gasteiger partial charge is 0.0897 e. The first kappa shape index (κ1) is 12.7. The molecule has 0 radical (unpaired) electrons. The molecule has 0 saturated heterocycles. The van der Waals surface area contributed by atoms with E-state index < -0.39 is 0 Å². The first-order chi connectivity index (χ1) is 7.69. The van der Waals surface area contributed by atoms with E-state index in [1.54, 1.807) is 12.1 Å². The third kappa shape index (κ3) is 3.36. The van der Waals surface area contributed by atoms with Gasteiger partial charge in [-0.05, 0) is 48.9 Å². The maximum Gasteiger partial charge on any atom is 0.0897 e. The van der Waals surface area contributed by atoms with Gasteiger partial charge in [-0.1, -0.05) is 0 Å². The summed E-state index contributed by atoms with van der Waals surface area (Å²) in [5, 5.41) is 0. The van der Waals surface area contributed by atoms with Crippen molar-refractivity contribution in [3.63, 3.8) is 0 Å². The molecule has 0 aliphatic carbocycles. The first-order valence-corrected chi connectivity index (χ1v) is 5.47. The van der Waals surface area contributed by atoms with Crippen LogP contribution < -0.4 is 11.5 Å². The van der Waals surface area contributed by atoms with Crippen LogP contribution in [0.3, 0.4) is 0 Å². The molecule has 0 atom stereocenters. The largest absolute Gasteiger partial charge is 0.397 e. The lowest BCUT2D eigenvalue weighted by atomic mass is 9.98. The molecule has 4 heteroatoms. The van der Waals surface area contributed by atoms with Crippen LogP contribution in [0.4, 0.5) is 20.2 Å². The van der Waals surface area contributed by atoms with Crippen LogP contribution in [0, 0.1) is 0 Å². The average molecular weight is 228 g/mol. The van der Waals surface area contributed by atoms with E-state index in [4.69, 9.17) is 11.5 Å². The minimum atomic E-state index is -0.354. The van der Waals surface area contributed by atoms with Crippen molar-refractivity contribution < 1.29 is 8.78 Å². The summed E-state index contributed by atoms with van der Waals surface area (Å²) in [5.41, 5.74) is 14.4. The van der Waals surface area contributed by atoms with E-state index in [1.165, 1.54) is 0 Å². The van der Waals surface area contributed by atoms with E-state index in [0.29, 0.717) is 37.1 Å². The van der Waals surface area contributed by atoms with E-state index >= 15 is 0 Å². The first-order valence-electron chi connectivity index (χ1n) is 5.47. The molecule has 16 heavy (non-hydrogen) atoms. The molecule has 0 bridgehead atoms. The molecule has 0 aliphatic heterocycles. The molecule has 1 aromatic carbocycles. The Bertz CT molecular complexity index is 307. The van der Waals surface area contributed by atoms with Gasteiger partial charge in [-0.25, -0.2) is 0 Å². The standard InChI is InChI=1S/C12H18F2N2/c13-5-1-3-9-7-11(15)12(16)8-10(9)4-2-6-14/h7-8H,1-6,15-16H2. The third-order valence-electron chi connectivity index (χ3n) is 2.56. The van der Waals surface area contributed by atoms with Crippen LogP contribution in [0.25, 0.3) is 0 Å². The minimum Gasteiger partial charge on any atom is -0.397 e. The molecule has 2 nitrogen and oxygen atoms in total. The zero-order chi connectivity index (χ0) is 12.0. The van der Waals surface area contributed by atoms with Crippen molar-refractivity contribution in [3.8, 4) is 0 Å². The summed E-state index contributed by atoms with van der Waals surface area (Å²) in [5.74, 6) is 0. The predicted octanol–water partition coefficient (Wildman–Crippen LogP) is 2.66. The van der Waals surface area contributed by atoms with Crippen LogP contribution in [-0.4, -0.2) is 13.3 Å². The monoisotopic (exact) mass is 228 g/mol. The van der Waals surface area contributed by atoms with Crippen LogP contribution in [0.1, 0.15) is 24.0 Å². The number of benzene rings is 1. The highest BCUT2D eigenvalue weighted by molar-refractivity contribution is 5.66. The van der Waals surface area contributed by atoms with Gasteiger partial charge in [0, 0.05) is 0 Å². The van der Waals surface area contributed by atoms with Gasteiger partial charge in [-0.2, -0.15) is 0 Å². The number of hydrogen-bond acceptors (Lipinski definition) is 2. The lowest BCUT2D eigenvalue weighted by Gasteiger charge is -2.11. The number of nitrogen functional groups attached to an aromatic ring is 2. The Morgan fingerprint density at radius 3 is 1.50 bits per heavy atom. The Kier molecular flexibility index (Phi) is 5.02. The molecule has 1 rings (SSSR count). The highest BCUT2D eigenvalue weighted by atomic mass is 19.1. The van der Waals surface area contributed by atoms with Gasteiger partial charge in [0.2, 0.25) is 0 Å². The summed E-state index contributed by atoms with van der Waals surface area (Å²) < 4.78 is 24.3. The van der Waals surface area contributed by atoms with E-state index in [9.17, 15) is 8.78 Å². The van der Waals surface area contributed by atoms with Gasteiger partial charge in [0.25, 0.3) is 0 Å². The van der Waals surface area contributed by atoms with Crippen LogP contribution in [0.5, 0.6) is 0 Å². The van der Waals surface area contributed by atoms with Crippen molar-refractivity contribution in [2.75, 3.05) is 24.8 Å². The van der Waals surface area contributed by atoms with Crippen molar-refractivity contribution in [2.24, 2.45) is 0 Å². The molecule has 0 saturated carbocycles. The van der Waals surface area contributed by atoms with E-state index in [2.05, 4.69) is 0 Å². The summed E-state index contributed by atoms with van der Waals surface area (Å²) in [7, 11) is 0. The predicted molar refractivity (Wildman–Crippen MR) is 63.9 cm³/mol. The molecule has 0 spiro atoms. The molecular weight excluding hydrogens is 210 g/mol. The number of nitrogens with two attached hydrogens (primary N) is 2. The molecular formula is C12H18F2N2. The Morgan fingerprint density at radius 2 is 1.19 bits per heavy atom. The molecule has 0 unspecified atom stereocenters. The van der Waals surface area contributed by atoms with Crippen LogP contribution in [0.2, 0.25) is 0 Å². The average Bonchev–Trinajstić information content (AvgIpc) is 2.28. The van der Waals surface area contributed by atoms with Gasteiger partial charge in [0.1, 0.15) is 0 Å². The summed E-state index contributed by atoms with van der Waals surface area (Å²) in [6, 6.07) is 3.55. The van der Waals surface area contributed by atoms with Crippen LogP contribution >= 0.6 is 0 Å². The molecule has 0 aromatic heterocycles. The van der Waals surface area contributed by atoms with E-state index in [-0.39, 0.29) is 13.3 Å². The minimum absolute atomic E-state index is 0.354. The lowest BCUT2D eigenvalue weighted by molar-refractivity contribution is 0.467. The molecule has 0 aliphatic rings. The molecule has 4 N–H and O–H groups in total. The van der Waals surface area contributed by atoms with Crippen molar-refractivity contribution in [1.29, 1.82) is 0 Å². The second kappa shape index (κ2) is 6.30. The molecule has 0 amide bonds. The quantitative estimate of drug-likeness (QED) is 0.735. The SMILES string of the molecule is Nc1cc(CCCF)c(CCCF)cc1N. The molecule has 0 heterocycles. The summed E-state index contributed by atoms with van der Waals surface area (Å²) in [4.78, 5) is 0. The number of aryl methyl sites for hydroxylation is 2. The highest BCUT2D eigenvalue weighted by Gasteiger charge is 2.06. The topological polar surface area (TPSA) is 52.0 Å². The number of rotatable bonds is 6. The molecule has 0 fully saturated rings. The fraction of sp³-hybridized carbons (Fsp3) is 0.500. The van der Waals surface area contributed by atoms with Crippen molar-refractivity contribution >= 4 is 11.4 Å². The maximum atomic E-state index is 12.1. The summed E-state index contributed by atoms with van der Waals surface area (Å²) >= 11 is 0. The van der Waals surface area contributed by atoms with Crippen LogP contribution in [-0.2, 0) is 12.8 Å². The van der Waals surface area contributed by atoms with Gasteiger partial charge in [0.15, 0.2) is 0 Å². The van der Waals surface area contributed by atoms with Gasteiger partial charge < -0.3 is 11.5 Å². The van der Waals surface area contributed by atoms with Gasteiger partial charge in [-0.3, -0.25) is 8.78 Å². The lowest BCUT2D eigenvalue weighted by Crippen LogP contribution is -2.02. The van der Waals surface area contributed by atoms with Crippen LogP contribution in [0.15, 0.2) is 12.1 Å². The van der Waals surface area contributed by atoms with E-state index in [1.807, 2.05) is 0 Å². The number of halogens is 2. The summed E-state index contributed by atoms with van der Waals surface area (Å²) in [6.07, 6.45) is 2.18. The number of anilines is 2. The normalized spacial score (nSPS) is 10.6. The van der Waals surface area contributed by atoms with E-state index in [0.717, 1.165) is 11.1 Å². The third-order valence-corrected chi connectivity index (χ3v) is 2.56. The fourth-order valence-electron chi connectivity index (χ4n) is 1.71. The van der Waals surface area contributed by atoms with Gasteiger partial charge in [-0.15, -0.1) is 0 Å². The van der Waals surface area contributed by atoms with Crippen molar-refractivity contribution in [3.05, 3.63) is 23.3 Å². The Balaban J connectivity index is 2.87. The molecule has 90 valence electrons. The number of hydrogen-bond donors (Lipinski definition) is 2. The maximum absolute atomic E-state index is 12.1. The Labute approximate surface area is 94.6 Å². The Hall–Kier alpha value is -1.32. The Morgan fingerprint density at radius 1 is 0.812 bits per heavy atom. The van der Waals surface area contributed by atoms with Crippen molar-refractivity contribution in [1.82, 2.24) is 0 Å². The number of alkyl halides is 2. The second-order valence-electron chi connectivity index (χ2n) is 3.83. The summed E-state index contributed by atoms with van der Waals surface area (Å²) in [6.45, 7) is -0.709. The van der Waals surface area contributed by atoms with Gasteiger partial charge in [0.05, 0.1) is 24.7 Å². The van der Waals surface area contributed by atoms with Gasteiger partial charge >= 0.3 is 0 Å². The zero-order valence-electron chi connectivity index (χ0n) is 9.31. The van der Waals surface area contributed by atoms with Crippen molar-refractivity contribution in [2.45, 2.75) is 25.7 Å².